The molecule has 1 N–H and O–H groups in total. The van der Waals surface area contributed by atoms with Crippen LogP contribution in [0.3, 0.4) is 0 Å². The van der Waals surface area contributed by atoms with Crippen LogP contribution >= 0.6 is 0 Å². The van der Waals surface area contributed by atoms with Gasteiger partial charge in [0.1, 0.15) is 0 Å². The molecule has 1 heterocycles. The largest absolute Gasteiger partial charge is 0.356 e. The molecule has 0 amide bonds. The smallest absolute Gasteiger partial charge is 0.263 e. The zero-order chi connectivity index (χ0) is 16.2. The molecular formula is C15H20N4O2S. The van der Waals surface area contributed by atoms with Gasteiger partial charge in [0.2, 0.25) is 0 Å². The molecule has 6 nitrogen and oxygen atoms in total. The van der Waals surface area contributed by atoms with Crippen LogP contribution in [0.1, 0.15) is 19.4 Å². The molecule has 0 fully saturated rings. The predicted octanol–water partition coefficient (Wildman–Crippen LogP) is 2.43. The van der Waals surface area contributed by atoms with E-state index in [4.69, 9.17) is 0 Å². The molecule has 0 radical (unpaired) electrons. The van der Waals surface area contributed by atoms with Crippen LogP contribution in [-0.4, -0.2) is 31.7 Å². The van der Waals surface area contributed by atoms with Gasteiger partial charge in [-0.15, -0.1) is 10.2 Å². The van der Waals surface area contributed by atoms with E-state index in [2.05, 4.69) is 14.9 Å². The van der Waals surface area contributed by atoms with Crippen LogP contribution in [0.2, 0.25) is 0 Å². The lowest BCUT2D eigenvalue weighted by atomic mass is 10.2. The molecular weight excluding hydrogens is 300 g/mol. The van der Waals surface area contributed by atoms with E-state index in [9.17, 15) is 8.42 Å². The molecule has 7 heteroatoms. The van der Waals surface area contributed by atoms with Crippen molar-refractivity contribution in [2.45, 2.75) is 25.7 Å². The fraction of sp³-hybridized carbons (Fsp3) is 0.333. The van der Waals surface area contributed by atoms with Gasteiger partial charge in [-0.25, -0.2) is 8.42 Å². The highest BCUT2D eigenvalue weighted by molar-refractivity contribution is 7.92. The summed E-state index contributed by atoms with van der Waals surface area (Å²) >= 11 is 0. The molecule has 0 aliphatic heterocycles. The highest BCUT2D eigenvalue weighted by atomic mass is 32.2. The van der Waals surface area contributed by atoms with Gasteiger partial charge in [-0.2, -0.15) is 0 Å². The lowest BCUT2D eigenvalue weighted by Crippen LogP contribution is -2.23. The highest BCUT2D eigenvalue weighted by Gasteiger charge is 2.15. The van der Waals surface area contributed by atoms with Gasteiger partial charge in [-0.3, -0.25) is 4.72 Å². The van der Waals surface area contributed by atoms with Gasteiger partial charge in [0.05, 0.1) is 4.90 Å². The molecule has 1 aromatic carbocycles. The van der Waals surface area contributed by atoms with E-state index < -0.39 is 10.0 Å². The number of sulfonamides is 1. The minimum atomic E-state index is -3.65. The van der Waals surface area contributed by atoms with Gasteiger partial charge >= 0.3 is 0 Å². The van der Waals surface area contributed by atoms with Gasteiger partial charge in [-0.05, 0) is 50.6 Å². The summed E-state index contributed by atoms with van der Waals surface area (Å²) < 4.78 is 27.0. The van der Waals surface area contributed by atoms with Crippen LogP contribution in [0.4, 0.5) is 11.6 Å². The third-order valence-electron chi connectivity index (χ3n) is 3.28. The number of hydrogen-bond donors (Lipinski definition) is 1. The van der Waals surface area contributed by atoms with Gasteiger partial charge in [-0.1, -0.05) is 12.1 Å². The molecule has 0 saturated heterocycles. The van der Waals surface area contributed by atoms with Crippen molar-refractivity contribution in [3.63, 3.8) is 0 Å². The maximum Gasteiger partial charge on any atom is 0.263 e. The van der Waals surface area contributed by atoms with Gasteiger partial charge < -0.3 is 4.90 Å². The second-order valence-electron chi connectivity index (χ2n) is 4.87. The summed E-state index contributed by atoms with van der Waals surface area (Å²) in [6.45, 7) is 7.54. The minimum Gasteiger partial charge on any atom is -0.356 e. The zero-order valence-electron chi connectivity index (χ0n) is 12.9. The third kappa shape index (κ3) is 3.73. The lowest BCUT2D eigenvalue weighted by Gasteiger charge is -2.18. The Hall–Kier alpha value is -2.15. The van der Waals surface area contributed by atoms with E-state index in [1.54, 1.807) is 30.3 Å². The monoisotopic (exact) mass is 320 g/mol. The lowest BCUT2D eigenvalue weighted by molar-refractivity contribution is 0.601. The Morgan fingerprint density at radius 2 is 1.82 bits per heavy atom. The van der Waals surface area contributed by atoms with Crippen LogP contribution in [0, 0.1) is 6.92 Å². The van der Waals surface area contributed by atoms with Crippen molar-refractivity contribution in [2.75, 3.05) is 22.7 Å². The van der Waals surface area contributed by atoms with Crippen LogP contribution in [-0.2, 0) is 10.0 Å². The van der Waals surface area contributed by atoms with Crippen molar-refractivity contribution < 1.29 is 8.42 Å². The molecule has 22 heavy (non-hydrogen) atoms. The third-order valence-corrected chi connectivity index (χ3v) is 4.63. The first-order valence-electron chi connectivity index (χ1n) is 7.14. The van der Waals surface area contributed by atoms with Gasteiger partial charge in [0.25, 0.3) is 10.0 Å². The number of anilines is 2. The Labute approximate surface area is 131 Å². The Bertz CT molecular complexity index is 725. The SMILES string of the molecule is CCN(CC)c1ccc(NS(=O)(=O)c2cccc(C)c2)nn1. The van der Waals surface area contributed by atoms with Gasteiger partial charge in [0.15, 0.2) is 11.6 Å². The Morgan fingerprint density at radius 3 is 2.36 bits per heavy atom. The minimum absolute atomic E-state index is 0.206. The topological polar surface area (TPSA) is 75.2 Å². The summed E-state index contributed by atoms with van der Waals surface area (Å²) in [5.74, 6) is 0.931. The highest BCUT2D eigenvalue weighted by Crippen LogP contribution is 2.16. The first kappa shape index (κ1) is 16.2. The number of nitrogens with one attached hydrogen (secondary N) is 1. The number of aromatic nitrogens is 2. The Balaban J connectivity index is 2.20. The van der Waals surface area contributed by atoms with Crippen LogP contribution in [0.15, 0.2) is 41.3 Å². The molecule has 2 aromatic rings. The van der Waals surface area contributed by atoms with Crippen molar-refractivity contribution in [1.82, 2.24) is 10.2 Å². The average Bonchev–Trinajstić information content (AvgIpc) is 2.50. The predicted molar refractivity (Wildman–Crippen MR) is 87.6 cm³/mol. The molecule has 0 aliphatic rings. The first-order valence-corrected chi connectivity index (χ1v) is 8.62. The molecule has 1 aromatic heterocycles. The normalized spacial score (nSPS) is 11.2. The van der Waals surface area contributed by atoms with E-state index in [1.807, 2.05) is 31.7 Å². The van der Waals surface area contributed by atoms with Crippen LogP contribution in [0.5, 0.6) is 0 Å². The molecule has 2 rings (SSSR count). The number of hydrogen-bond acceptors (Lipinski definition) is 5. The molecule has 0 unspecified atom stereocenters. The van der Waals surface area contributed by atoms with Gasteiger partial charge in [0, 0.05) is 13.1 Å². The Kier molecular flexibility index (Phi) is 4.97. The second-order valence-corrected chi connectivity index (χ2v) is 6.55. The summed E-state index contributed by atoms with van der Waals surface area (Å²) in [7, 11) is -3.65. The van der Waals surface area contributed by atoms with Crippen LogP contribution < -0.4 is 9.62 Å². The molecule has 0 spiro atoms. The van der Waals surface area contributed by atoms with Crippen molar-refractivity contribution in [2.24, 2.45) is 0 Å². The fourth-order valence-corrected chi connectivity index (χ4v) is 3.18. The maximum atomic E-state index is 12.3. The van der Waals surface area contributed by atoms with Crippen molar-refractivity contribution in [1.29, 1.82) is 0 Å². The van der Waals surface area contributed by atoms with Crippen molar-refractivity contribution >= 4 is 21.7 Å². The first-order chi connectivity index (χ1) is 10.5. The number of rotatable bonds is 6. The van der Waals surface area contributed by atoms with Crippen molar-refractivity contribution in [3.8, 4) is 0 Å². The molecule has 0 atom stereocenters. The molecule has 118 valence electrons. The Morgan fingerprint density at radius 1 is 1.09 bits per heavy atom. The summed E-state index contributed by atoms with van der Waals surface area (Å²) in [5.41, 5.74) is 0.880. The van der Waals surface area contributed by atoms with Crippen LogP contribution in [0.25, 0.3) is 0 Å². The quantitative estimate of drug-likeness (QED) is 0.885. The zero-order valence-corrected chi connectivity index (χ0v) is 13.8. The maximum absolute atomic E-state index is 12.3. The fourth-order valence-electron chi connectivity index (χ4n) is 2.08. The van der Waals surface area contributed by atoms with E-state index >= 15 is 0 Å². The van der Waals surface area contributed by atoms with E-state index in [0.717, 1.165) is 24.5 Å². The summed E-state index contributed by atoms with van der Waals surface area (Å²) in [6.07, 6.45) is 0. The standard InChI is InChI=1S/C15H20N4O2S/c1-4-19(5-2)15-10-9-14(16-17-15)18-22(20,21)13-8-6-7-12(3)11-13/h6-11H,4-5H2,1-3H3,(H,16,18). The molecule has 0 saturated carbocycles. The summed E-state index contributed by atoms with van der Waals surface area (Å²) in [5, 5.41) is 8.01. The second kappa shape index (κ2) is 6.74. The number of benzene rings is 1. The van der Waals surface area contributed by atoms with E-state index in [0.29, 0.717) is 0 Å². The average molecular weight is 320 g/mol. The number of aryl methyl sites for hydroxylation is 1. The molecule has 0 aliphatic carbocycles. The summed E-state index contributed by atoms with van der Waals surface area (Å²) in [4.78, 5) is 2.24. The van der Waals surface area contributed by atoms with E-state index in [1.165, 1.54) is 0 Å². The van der Waals surface area contributed by atoms with Crippen molar-refractivity contribution in [3.05, 3.63) is 42.0 Å². The number of nitrogens with zero attached hydrogens (tertiary/aromatic N) is 3. The summed E-state index contributed by atoms with van der Waals surface area (Å²) in [6, 6.07) is 10.1. The molecule has 0 bridgehead atoms. The van der Waals surface area contributed by atoms with E-state index in [-0.39, 0.29) is 10.7 Å².